The Morgan fingerprint density at radius 2 is 0.306 bits per heavy atom. The fourth-order valence-electron chi connectivity index (χ4n) is 5.24. The maximum absolute atomic E-state index is 9.92. The maximum atomic E-state index is 9.92. The zero-order chi connectivity index (χ0) is 46.9. The van der Waals surface area contributed by atoms with E-state index in [0.29, 0.717) is 0 Å². The molecule has 0 spiro atoms. The number of unbranched alkanes of at least 4 members (excludes halogenated alkanes) is 24. The summed E-state index contributed by atoms with van der Waals surface area (Å²) < 4.78 is 0. The zero-order valence-electron chi connectivity index (χ0n) is 40.2. The predicted molar refractivity (Wildman–Crippen MR) is 230 cm³/mol. The molecular formula is C48H90Cr2O12. The van der Waals surface area contributed by atoms with Crippen LogP contribution >= 0.6 is 0 Å². The number of hydrogen-bond donors (Lipinski definition) is 0. The van der Waals surface area contributed by atoms with E-state index >= 15 is 0 Å². The first-order valence-corrected chi connectivity index (χ1v) is 23.8. The van der Waals surface area contributed by atoms with Crippen LogP contribution in [0, 0.1) is 0 Å². The number of hydrogen-bond acceptors (Lipinski definition) is 12. The number of carboxylic acids is 6. The second-order valence-corrected chi connectivity index (χ2v) is 15.2. The number of carbonyl (C=O) groups is 6. The van der Waals surface area contributed by atoms with E-state index in [9.17, 15) is 59.4 Å². The van der Waals surface area contributed by atoms with Crippen LogP contribution in [0.5, 0.6) is 0 Å². The molecule has 0 rings (SSSR count). The third kappa shape index (κ3) is 118. The minimum Gasteiger partial charge on any atom is -0.550 e. The average molecular weight is 963 g/mol. The molecule has 0 unspecified atom stereocenters. The van der Waals surface area contributed by atoms with Crippen molar-refractivity contribution >= 4 is 35.8 Å². The number of aliphatic carboxylic acids is 6. The molecule has 0 aromatic carbocycles. The predicted octanol–water partition coefficient (Wildman–Crippen LogP) is 6.58. The van der Waals surface area contributed by atoms with Gasteiger partial charge in [0.05, 0.1) is 0 Å². The van der Waals surface area contributed by atoms with Gasteiger partial charge < -0.3 is 59.4 Å². The van der Waals surface area contributed by atoms with Gasteiger partial charge in [0.1, 0.15) is 0 Å². The summed E-state index contributed by atoms with van der Waals surface area (Å²) >= 11 is 0. The smallest absolute Gasteiger partial charge is 0.550 e. The second kappa shape index (κ2) is 73.3. The molecule has 0 bridgehead atoms. The van der Waals surface area contributed by atoms with Gasteiger partial charge in [-0.05, 0) is 77.0 Å². The molecule has 0 atom stereocenters. The van der Waals surface area contributed by atoms with E-state index in [1.54, 1.807) is 0 Å². The van der Waals surface area contributed by atoms with Gasteiger partial charge in [0, 0.05) is 35.8 Å². The van der Waals surface area contributed by atoms with E-state index in [1.807, 2.05) is 0 Å². The Balaban J connectivity index is -0.0000000935. The van der Waals surface area contributed by atoms with Crippen LogP contribution in [0.2, 0.25) is 0 Å². The van der Waals surface area contributed by atoms with E-state index in [-0.39, 0.29) is 73.2 Å². The van der Waals surface area contributed by atoms with Gasteiger partial charge >= 0.3 is 34.7 Å². The Morgan fingerprint density at radius 1 is 0.210 bits per heavy atom. The number of carbonyl (C=O) groups excluding carboxylic acids is 6. The van der Waals surface area contributed by atoms with Gasteiger partial charge in [-0.3, -0.25) is 0 Å². The zero-order valence-corrected chi connectivity index (χ0v) is 42.7. The topological polar surface area (TPSA) is 241 Å². The molecule has 0 aliphatic carbocycles. The quantitative estimate of drug-likeness (QED) is 0.0606. The van der Waals surface area contributed by atoms with Gasteiger partial charge in [-0.2, -0.15) is 0 Å². The Hall–Kier alpha value is -2.12. The molecule has 0 saturated carbocycles. The molecule has 0 heterocycles. The SMILES string of the molecule is CCCCCCCC(=O)[O-].CCCCCCCC(=O)[O-].CCCCCCCC(=O)[O-].CCCCCCCC(=O)[O-].CCCCCCCC(=O)[O-].CCCCCCCC(=O)[O-].[Cr+3].[Cr+3]. The van der Waals surface area contributed by atoms with Gasteiger partial charge in [0.15, 0.2) is 0 Å². The molecular weight excluding hydrogens is 873 g/mol. The van der Waals surface area contributed by atoms with Crippen molar-refractivity contribution in [1.82, 2.24) is 0 Å². The van der Waals surface area contributed by atoms with Crippen molar-refractivity contribution in [2.75, 3.05) is 0 Å². The molecule has 366 valence electrons. The molecule has 12 nitrogen and oxygen atoms in total. The van der Waals surface area contributed by atoms with E-state index in [4.69, 9.17) is 0 Å². The summed E-state index contributed by atoms with van der Waals surface area (Å²) in [5.41, 5.74) is 0. The summed E-state index contributed by atoms with van der Waals surface area (Å²) in [6.07, 6.45) is 33.6. The van der Waals surface area contributed by atoms with Gasteiger partial charge in [0.2, 0.25) is 0 Å². The molecule has 0 aromatic heterocycles. The Bertz CT molecular complexity index is 734. The van der Waals surface area contributed by atoms with Crippen molar-refractivity contribution in [3.63, 3.8) is 0 Å². The minimum atomic E-state index is -0.920. The fraction of sp³-hybridized carbons (Fsp3) is 0.875. The molecule has 14 heteroatoms. The molecule has 0 aromatic rings. The van der Waals surface area contributed by atoms with Crippen molar-refractivity contribution in [3.8, 4) is 0 Å². The normalized spacial score (nSPS) is 9.39. The van der Waals surface area contributed by atoms with Gasteiger partial charge in [0.25, 0.3) is 0 Å². The molecule has 0 amide bonds. The van der Waals surface area contributed by atoms with Crippen LogP contribution in [0.1, 0.15) is 273 Å². The molecule has 2 radical (unpaired) electrons. The Labute approximate surface area is 400 Å². The standard InChI is InChI=1S/6C8H16O2.2Cr/c6*1-2-3-4-5-6-7-8(9)10;;/h6*2-7H2,1H3,(H,9,10);;/q;;;;;;2*+3/p-6. The Kier molecular flexibility index (Phi) is 91.2. The number of rotatable bonds is 36. The van der Waals surface area contributed by atoms with Gasteiger partial charge in [-0.15, -0.1) is 0 Å². The summed E-state index contributed by atoms with van der Waals surface area (Å²) in [7, 11) is 0. The second-order valence-electron chi connectivity index (χ2n) is 15.2. The third-order valence-electron chi connectivity index (χ3n) is 8.91. The molecule has 0 aliphatic rings. The average Bonchev–Trinajstić information content (AvgIpc) is 3.18. The van der Waals surface area contributed by atoms with Crippen LogP contribution in [-0.2, 0) is 63.5 Å². The van der Waals surface area contributed by atoms with Crippen LogP contribution in [0.4, 0.5) is 0 Å². The maximum Gasteiger partial charge on any atom is 3.00 e. The first kappa shape index (κ1) is 77.1. The van der Waals surface area contributed by atoms with Crippen molar-refractivity contribution in [3.05, 3.63) is 0 Å². The Morgan fingerprint density at radius 3 is 0.387 bits per heavy atom. The molecule has 0 N–H and O–H groups in total. The van der Waals surface area contributed by atoms with E-state index in [1.165, 1.54) is 77.0 Å². The summed E-state index contributed by atoms with van der Waals surface area (Å²) in [5, 5.41) is 59.5. The molecule has 0 aliphatic heterocycles. The van der Waals surface area contributed by atoms with Crippen LogP contribution < -0.4 is 30.6 Å². The van der Waals surface area contributed by atoms with Crippen molar-refractivity contribution in [1.29, 1.82) is 0 Å². The largest absolute Gasteiger partial charge is 3.00 e. The van der Waals surface area contributed by atoms with Crippen LogP contribution in [-0.4, -0.2) is 35.8 Å². The van der Waals surface area contributed by atoms with Crippen molar-refractivity contribution in [2.24, 2.45) is 0 Å². The third-order valence-corrected chi connectivity index (χ3v) is 8.91. The molecule has 0 fully saturated rings. The van der Waals surface area contributed by atoms with Crippen LogP contribution in [0.25, 0.3) is 0 Å². The summed E-state index contributed by atoms with van der Waals surface area (Å²) in [6.45, 7) is 12.8. The first-order valence-electron chi connectivity index (χ1n) is 23.8. The molecule has 0 saturated heterocycles. The van der Waals surface area contributed by atoms with E-state index in [0.717, 1.165) is 116 Å². The summed E-state index contributed by atoms with van der Waals surface area (Å²) in [5.74, 6) is -5.52. The summed E-state index contributed by atoms with van der Waals surface area (Å²) in [4.78, 5) is 59.5. The summed E-state index contributed by atoms with van der Waals surface area (Å²) in [6, 6.07) is 0. The monoisotopic (exact) mass is 963 g/mol. The molecule has 62 heavy (non-hydrogen) atoms. The fourth-order valence-corrected chi connectivity index (χ4v) is 5.24. The number of carboxylic acid groups (broad SMARTS) is 6. The minimum absolute atomic E-state index is 0. The van der Waals surface area contributed by atoms with Crippen molar-refractivity contribution < 1.29 is 94.1 Å². The van der Waals surface area contributed by atoms with E-state index in [2.05, 4.69) is 41.5 Å². The van der Waals surface area contributed by atoms with Crippen molar-refractivity contribution in [2.45, 2.75) is 273 Å². The first-order chi connectivity index (χ1) is 28.6. The van der Waals surface area contributed by atoms with Crippen LogP contribution in [0.15, 0.2) is 0 Å². The van der Waals surface area contributed by atoms with E-state index < -0.39 is 35.8 Å². The van der Waals surface area contributed by atoms with Crippen LogP contribution in [0.3, 0.4) is 0 Å². The van der Waals surface area contributed by atoms with Gasteiger partial charge in [-0.1, -0.05) is 196 Å². The van der Waals surface area contributed by atoms with Gasteiger partial charge in [-0.25, -0.2) is 0 Å².